The first-order valence-corrected chi connectivity index (χ1v) is 12.2. The number of hydrogen-bond donors (Lipinski definition) is 1. The number of carbonyl (C=O) groups is 2. The Labute approximate surface area is 230 Å². The van der Waals surface area contributed by atoms with Crippen LogP contribution in [0.4, 0.5) is 5.69 Å². The summed E-state index contributed by atoms with van der Waals surface area (Å²) in [7, 11) is 4.30. The van der Waals surface area contributed by atoms with Gasteiger partial charge in [0.05, 0.1) is 61.8 Å². The molecule has 1 atom stereocenters. The highest BCUT2D eigenvalue weighted by molar-refractivity contribution is 6.51. The summed E-state index contributed by atoms with van der Waals surface area (Å²) in [5, 5.41) is 21.0. The van der Waals surface area contributed by atoms with Gasteiger partial charge in [0.1, 0.15) is 17.3 Å². The Morgan fingerprint density at radius 1 is 0.949 bits per heavy atom. The highest BCUT2D eigenvalue weighted by Gasteiger charge is 2.47. The standard InChI is InChI=1S/C29H25ClN2O7/c1-5-39-24-12-17(8-11-21(24)36-2)26-25(27(33)19-13-23(38-4)20(30)14-22(19)37-3)28(34)29(35)32(26)18-9-6-16(15-31)7-10-18/h6-14,26,33H,5H2,1-4H3/b27-25+. The van der Waals surface area contributed by atoms with Crippen LogP contribution in [-0.2, 0) is 9.59 Å². The summed E-state index contributed by atoms with van der Waals surface area (Å²) in [6, 6.07) is 15.1. The molecular formula is C29H25ClN2O7. The van der Waals surface area contributed by atoms with Crippen molar-refractivity contribution in [3.63, 3.8) is 0 Å². The van der Waals surface area contributed by atoms with Gasteiger partial charge in [0, 0.05) is 11.8 Å². The number of Topliss-reactive ketones (excluding diaryl/α,β-unsaturated/α-hetero) is 1. The maximum absolute atomic E-state index is 13.5. The molecule has 0 radical (unpaired) electrons. The van der Waals surface area contributed by atoms with Crippen LogP contribution in [0.3, 0.4) is 0 Å². The van der Waals surface area contributed by atoms with Crippen molar-refractivity contribution >= 4 is 34.7 Å². The van der Waals surface area contributed by atoms with Gasteiger partial charge in [-0.1, -0.05) is 17.7 Å². The van der Waals surface area contributed by atoms with Crippen LogP contribution in [-0.4, -0.2) is 44.7 Å². The number of methoxy groups -OCH3 is 3. The smallest absolute Gasteiger partial charge is 0.300 e. The summed E-state index contributed by atoms with van der Waals surface area (Å²) >= 11 is 6.24. The van der Waals surface area contributed by atoms with E-state index in [9.17, 15) is 20.0 Å². The molecule has 1 N–H and O–H groups in total. The second kappa shape index (κ2) is 11.4. The third-order valence-corrected chi connectivity index (χ3v) is 6.55. The number of nitrogens with zero attached hydrogens (tertiary/aromatic N) is 2. The molecule has 1 saturated heterocycles. The Kier molecular flexibility index (Phi) is 7.98. The van der Waals surface area contributed by atoms with E-state index in [1.54, 1.807) is 42.5 Å². The first-order valence-electron chi connectivity index (χ1n) is 11.8. The number of aliphatic hydroxyl groups is 1. The van der Waals surface area contributed by atoms with Gasteiger partial charge in [0.25, 0.3) is 11.7 Å². The predicted molar refractivity (Wildman–Crippen MR) is 145 cm³/mol. The van der Waals surface area contributed by atoms with E-state index in [-0.39, 0.29) is 27.7 Å². The molecule has 1 unspecified atom stereocenters. The van der Waals surface area contributed by atoms with Crippen LogP contribution in [0.25, 0.3) is 5.76 Å². The van der Waals surface area contributed by atoms with Crippen molar-refractivity contribution in [3.05, 3.63) is 81.9 Å². The highest BCUT2D eigenvalue weighted by atomic mass is 35.5. The summed E-state index contributed by atoms with van der Waals surface area (Å²) in [5.74, 6) is -0.985. The van der Waals surface area contributed by atoms with Gasteiger partial charge < -0.3 is 24.1 Å². The number of ketones is 1. The molecule has 9 nitrogen and oxygen atoms in total. The van der Waals surface area contributed by atoms with E-state index >= 15 is 0 Å². The van der Waals surface area contributed by atoms with E-state index in [1.165, 1.54) is 38.4 Å². The van der Waals surface area contributed by atoms with Crippen molar-refractivity contribution in [1.29, 1.82) is 5.26 Å². The Bertz CT molecular complexity index is 1510. The molecule has 3 aromatic carbocycles. The fourth-order valence-electron chi connectivity index (χ4n) is 4.43. The van der Waals surface area contributed by atoms with E-state index in [2.05, 4.69) is 0 Å². The average Bonchev–Trinajstić information content (AvgIpc) is 3.22. The molecule has 10 heteroatoms. The molecule has 200 valence electrons. The average molecular weight is 549 g/mol. The zero-order valence-electron chi connectivity index (χ0n) is 21.6. The number of halogens is 1. The molecule has 0 aromatic heterocycles. The van der Waals surface area contributed by atoms with Crippen LogP contribution < -0.4 is 23.8 Å². The normalized spacial score (nSPS) is 16.1. The second-order valence-corrected chi connectivity index (χ2v) is 8.77. The number of amides is 1. The maximum atomic E-state index is 13.5. The molecule has 0 spiro atoms. The van der Waals surface area contributed by atoms with Gasteiger partial charge in [0.15, 0.2) is 11.5 Å². The molecule has 39 heavy (non-hydrogen) atoms. The van der Waals surface area contributed by atoms with Crippen LogP contribution in [0.5, 0.6) is 23.0 Å². The zero-order valence-corrected chi connectivity index (χ0v) is 22.4. The maximum Gasteiger partial charge on any atom is 0.300 e. The lowest BCUT2D eigenvalue weighted by molar-refractivity contribution is -0.132. The summed E-state index contributed by atoms with van der Waals surface area (Å²) in [4.78, 5) is 28.3. The minimum absolute atomic E-state index is 0.111. The SMILES string of the molecule is CCOc1cc(C2/C(=C(\O)c3cc(OC)c(Cl)cc3OC)C(=O)C(=O)N2c2ccc(C#N)cc2)ccc1OC. The fraction of sp³-hybridized carbons (Fsp3) is 0.207. The lowest BCUT2D eigenvalue weighted by Crippen LogP contribution is -2.29. The van der Waals surface area contributed by atoms with Gasteiger partial charge in [-0.25, -0.2) is 0 Å². The summed E-state index contributed by atoms with van der Waals surface area (Å²) < 4.78 is 21.8. The number of anilines is 1. The van der Waals surface area contributed by atoms with Gasteiger partial charge in [-0.05, 0) is 55.0 Å². The number of hydrogen-bond acceptors (Lipinski definition) is 8. The first-order chi connectivity index (χ1) is 18.8. The molecule has 1 aliphatic rings. The Morgan fingerprint density at radius 3 is 2.21 bits per heavy atom. The number of aliphatic hydroxyl groups excluding tert-OH is 1. The minimum atomic E-state index is -1.06. The van der Waals surface area contributed by atoms with Crippen LogP contribution >= 0.6 is 11.6 Å². The van der Waals surface area contributed by atoms with Crippen molar-refractivity contribution < 1.29 is 33.6 Å². The predicted octanol–water partition coefficient (Wildman–Crippen LogP) is 5.26. The number of rotatable bonds is 8. The number of ether oxygens (including phenoxy) is 4. The van der Waals surface area contributed by atoms with E-state index in [0.717, 1.165) is 0 Å². The van der Waals surface area contributed by atoms with E-state index in [4.69, 9.17) is 30.5 Å². The molecular weight excluding hydrogens is 524 g/mol. The van der Waals surface area contributed by atoms with Crippen molar-refractivity contribution in [1.82, 2.24) is 0 Å². The molecule has 1 amide bonds. The van der Waals surface area contributed by atoms with Crippen molar-refractivity contribution in [2.24, 2.45) is 0 Å². The topological polar surface area (TPSA) is 118 Å². The molecule has 1 heterocycles. The summed E-state index contributed by atoms with van der Waals surface area (Å²) in [6.07, 6.45) is 0. The van der Waals surface area contributed by atoms with Gasteiger partial charge in [-0.15, -0.1) is 0 Å². The Hall–Kier alpha value is -4.68. The number of carbonyl (C=O) groups excluding carboxylic acids is 2. The Morgan fingerprint density at radius 2 is 1.62 bits per heavy atom. The lowest BCUT2D eigenvalue weighted by Gasteiger charge is -2.26. The van der Waals surface area contributed by atoms with Crippen LogP contribution in [0, 0.1) is 11.3 Å². The Balaban J connectivity index is 2.01. The van der Waals surface area contributed by atoms with Crippen LogP contribution in [0.1, 0.15) is 29.7 Å². The van der Waals surface area contributed by atoms with Crippen molar-refractivity contribution in [3.8, 4) is 29.1 Å². The van der Waals surface area contributed by atoms with Gasteiger partial charge in [-0.2, -0.15) is 5.26 Å². The number of nitriles is 1. The first kappa shape index (κ1) is 27.4. The third-order valence-electron chi connectivity index (χ3n) is 6.25. The van der Waals surface area contributed by atoms with Crippen LogP contribution in [0.15, 0.2) is 60.2 Å². The molecule has 1 aliphatic heterocycles. The zero-order chi connectivity index (χ0) is 28.3. The summed E-state index contributed by atoms with van der Waals surface area (Å²) in [6.45, 7) is 2.16. The van der Waals surface area contributed by atoms with Gasteiger partial charge in [-0.3, -0.25) is 14.5 Å². The molecule has 0 aliphatic carbocycles. The molecule has 0 saturated carbocycles. The van der Waals surface area contributed by atoms with Crippen molar-refractivity contribution in [2.75, 3.05) is 32.8 Å². The number of benzene rings is 3. The highest BCUT2D eigenvalue weighted by Crippen LogP contribution is 2.46. The molecule has 0 bridgehead atoms. The summed E-state index contributed by atoms with van der Waals surface area (Å²) in [5.41, 5.74) is 1.14. The molecule has 4 rings (SSSR count). The van der Waals surface area contributed by atoms with Gasteiger partial charge >= 0.3 is 0 Å². The van der Waals surface area contributed by atoms with Crippen LogP contribution in [0.2, 0.25) is 5.02 Å². The van der Waals surface area contributed by atoms with E-state index < -0.39 is 23.5 Å². The molecule has 1 fully saturated rings. The second-order valence-electron chi connectivity index (χ2n) is 8.36. The minimum Gasteiger partial charge on any atom is -0.507 e. The molecule has 3 aromatic rings. The van der Waals surface area contributed by atoms with Crippen molar-refractivity contribution in [2.45, 2.75) is 13.0 Å². The van der Waals surface area contributed by atoms with E-state index in [0.29, 0.717) is 34.9 Å². The lowest BCUT2D eigenvalue weighted by atomic mass is 9.94. The van der Waals surface area contributed by atoms with E-state index in [1.807, 2.05) is 13.0 Å². The third kappa shape index (κ3) is 4.94. The largest absolute Gasteiger partial charge is 0.507 e. The fourth-order valence-corrected chi connectivity index (χ4v) is 4.66. The van der Waals surface area contributed by atoms with Gasteiger partial charge in [0.2, 0.25) is 0 Å². The monoisotopic (exact) mass is 548 g/mol. The quantitative estimate of drug-likeness (QED) is 0.230.